The fraction of sp³-hybridized carbons (Fsp3) is 0.263. The summed E-state index contributed by atoms with van der Waals surface area (Å²) in [6.07, 6.45) is 0. The number of carbonyl (C=O) groups is 2. The number of amides is 3. The third-order valence-corrected chi connectivity index (χ3v) is 5.12. The Kier molecular flexibility index (Phi) is 4.91. The molecule has 1 aliphatic rings. The summed E-state index contributed by atoms with van der Waals surface area (Å²) in [6.45, 7) is 1.89. The first-order valence-corrected chi connectivity index (χ1v) is 8.79. The topological polar surface area (TPSA) is 67.9 Å². The lowest BCUT2D eigenvalue weighted by Crippen LogP contribution is -2.40. The second-order valence-electron chi connectivity index (χ2n) is 6.14. The number of halogens is 1. The standard InChI is InChI=1S/C19H19BrN2O4/c1-19(13-5-7-14(25-2)8-6-13)17(23)22(18(24)21-19)11-12-4-9-16(26-3)15(20)10-12/h4-10H,11H2,1-3H3,(H,21,24). The molecule has 1 aliphatic heterocycles. The van der Waals surface area contributed by atoms with Crippen LogP contribution >= 0.6 is 15.9 Å². The molecule has 26 heavy (non-hydrogen) atoms. The SMILES string of the molecule is COc1ccc(C2(C)NC(=O)N(Cc3ccc(OC)c(Br)c3)C2=O)cc1. The molecule has 2 aromatic rings. The van der Waals surface area contributed by atoms with Gasteiger partial charge in [-0.3, -0.25) is 9.69 Å². The lowest BCUT2D eigenvalue weighted by atomic mass is 9.92. The number of hydrogen-bond acceptors (Lipinski definition) is 4. The van der Waals surface area contributed by atoms with Crippen LogP contribution in [0.3, 0.4) is 0 Å². The van der Waals surface area contributed by atoms with Gasteiger partial charge in [-0.05, 0) is 58.2 Å². The van der Waals surface area contributed by atoms with Gasteiger partial charge in [0.05, 0.1) is 25.2 Å². The van der Waals surface area contributed by atoms with E-state index in [-0.39, 0.29) is 12.5 Å². The fourth-order valence-corrected chi connectivity index (χ4v) is 3.54. The third kappa shape index (κ3) is 3.14. The molecule has 136 valence electrons. The number of urea groups is 1. The predicted octanol–water partition coefficient (Wildman–Crippen LogP) is 3.43. The van der Waals surface area contributed by atoms with E-state index in [1.807, 2.05) is 12.1 Å². The molecule has 6 nitrogen and oxygen atoms in total. The van der Waals surface area contributed by atoms with Crippen molar-refractivity contribution in [2.24, 2.45) is 0 Å². The molecule has 0 aliphatic carbocycles. The van der Waals surface area contributed by atoms with Crippen LogP contribution in [0, 0.1) is 0 Å². The molecule has 3 rings (SSSR count). The molecule has 0 aromatic heterocycles. The number of hydrogen-bond donors (Lipinski definition) is 1. The van der Waals surface area contributed by atoms with Gasteiger partial charge in [0.15, 0.2) is 0 Å². The van der Waals surface area contributed by atoms with Crippen molar-refractivity contribution in [1.29, 1.82) is 0 Å². The maximum absolute atomic E-state index is 13.0. The van der Waals surface area contributed by atoms with Gasteiger partial charge in [0.25, 0.3) is 5.91 Å². The monoisotopic (exact) mass is 418 g/mol. The Hall–Kier alpha value is -2.54. The van der Waals surface area contributed by atoms with Crippen LogP contribution in [0.4, 0.5) is 4.79 Å². The van der Waals surface area contributed by atoms with E-state index in [0.717, 1.165) is 10.0 Å². The highest BCUT2D eigenvalue weighted by molar-refractivity contribution is 9.10. The van der Waals surface area contributed by atoms with Gasteiger partial charge < -0.3 is 14.8 Å². The Labute approximate surface area is 160 Å². The summed E-state index contributed by atoms with van der Waals surface area (Å²) in [4.78, 5) is 26.6. The van der Waals surface area contributed by atoms with Gasteiger partial charge in [-0.25, -0.2) is 4.79 Å². The summed E-state index contributed by atoms with van der Waals surface area (Å²) in [5.41, 5.74) is 0.419. The summed E-state index contributed by atoms with van der Waals surface area (Å²) < 4.78 is 11.1. The number of imide groups is 1. The van der Waals surface area contributed by atoms with Crippen molar-refractivity contribution in [2.75, 3.05) is 14.2 Å². The number of ether oxygens (including phenoxy) is 2. The van der Waals surface area contributed by atoms with E-state index in [1.54, 1.807) is 51.5 Å². The zero-order valence-electron chi connectivity index (χ0n) is 14.7. The van der Waals surface area contributed by atoms with Gasteiger partial charge in [-0.2, -0.15) is 0 Å². The fourth-order valence-electron chi connectivity index (χ4n) is 2.95. The van der Waals surface area contributed by atoms with Crippen LogP contribution in [0.25, 0.3) is 0 Å². The first-order valence-electron chi connectivity index (χ1n) is 8.00. The summed E-state index contributed by atoms with van der Waals surface area (Å²) in [5, 5.41) is 2.80. The Morgan fingerprint density at radius 1 is 1.08 bits per heavy atom. The maximum Gasteiger partial charge on any atom is 0.325 e. The van der Waals surface area contributed by atoms with Crippen LogP contribution < -0.4 is 14.8 Å². The molecular weight excluding hydrogens is 400 g/mol. The van der Waals surface area contributed by atoms with Crippen LogP contribution in [-0.2, 0) is 16.9 Å². The van der Waals surface area contributed by atoms with E-state index < -0.39 is 11.6 Å². The van der Waals surface area contributed by atoms with E-state index in [4.69, 9.17) is 9.47 Å². The van der Waals surface area contributed by atoms with Gasteiger partial charge >= 0.3 is 6.03 Å². The van der Waals surface area contributed by atoms with Crippen molar-refractivity contribution in [3.63, 3.8) is 0 Å². The summed E-state index contributed by atoms with van der Waals surface area (Å²) in [5.74, 6) is 1.09. The normalized spacial score (nSPS) is 19.5. The minimum Gasteiger partial charge on any atom is -0.497 e. The number of nitrogens with one attached hydrogen (secondary N) is 1. The van der Waals surface area contributed by atoms with Gasteiger partial charge in [-0.1, -0.05) is 18.2 Å². The highest BCUT2D eigenvalue weighted by Gasteiger charge is 2.48. The zero-order valence-corrected chi connectivity index (χ0v) is 16.3. The molecule has 1 fully saturated rings. The second kappa shape index (κ2) is 6.99. The van der Waals surface area contributed by atoms with Gasteiger partial charge in [0.2, 0.25) is 0 Å². The molecule has 2 aromatic carbocycles. The molecule has 7 heteroatoms. The molecule has 1 N–H and O–H groups in total. The first kappa shape index (κ1) is 18.3. The maximum atomic E-state index is 13.0. The molecule has 1 saturated heterocycles. The molecule has 0 saturated carbocycles. The Bertz CT molecular complexity index is 853. The summed E-state index contributed by atoms with van der Waals surface area (Å²) in [6, 6.07) is 12.1. The minimum absolute atomic E-state index is 0.180. The smallest absolute Gasteiger partial charge is 0.325 e. The Morgan fingerprint density at radius 3 is 2.35 bits per heavy atom. The van der Waals surface area contributed by atoms with E-state index in [0.29, 0.717) is 17.1 Å². The summed E-state index contributed by atoms with van der Waals surface area (Å²) in [7, 11) is 3.16. The van der Waals surface area contributed by atoms with Gasteiger partial charge in [0.1, 0.15) is 17.0 Å². The van der Waals surface area contributed by atoms with Crippen molar-refractivity contribution in [3.05, 3.63) is 58.1 Å². The third-order valence-electron chi connectivity index (χ3n) is 4.50. The quantitative estimate of drug-likeness (QED) is 0.755. The van der Waals surface area contributed by atoms with Gasteiger partial charge in [-0.15, -0.1) is 0 Å². The minimum atomic E-state index is -1.10. The van der Waals surface area contributed by atoms with E-state index >= 15 is 0 Å². The lowest BCUT2D eigenvalue weighted by molar-refractivity contribution is -0.131. The van der Waals surface area contributed by atoms with E-state index in [1.165, 1.54) is 4.90 Å². The number of nitrogens with zero attached hydrogens (tertiary/aromatic N) is 1. The predicted molar refractivity (Wildman–Crippen MR) is 100 cm³/mol. The van der Waals surface area contributed by atoms with Crippen molar-refractivity contribution >= 4 is 27.9 Å². The van der Waals surface area contributed by atoms with Crippen LogP contribution in [0.1, 0.15) is 18.1 Å². The zero-order chi connectivity index (χ0) is 18.9. The average molecular weight is 419 g/mol. The van der Waals surface area contributed by atoms with Crippen molar-refractivity contribution < 1.29 is 19.1 Å². The van der Waals surface area contributed by atoms with Gasteiger partial charge in [0, 0.05) is 0 Å². The number of carbonyl (C=O) groups excluding carboxylic acids is 2. The largest absolute Gasteiger partial charge is 0.497 e. The van der Waals surface area contributed by atoms with Crippen LogP contribution in [-0.4, -0.2) is 31.1 Å². The molecule has 1 atom stereocenters. The number of rotatable bonds is 5. The highest BCUT2D eigenvalue weighted by Crippen LogP contribution is 2.32. The summed E-state index contributed by atoms with van der Waals surface area (Å²) >= 11 is 3.42. The van der Waals surface area contributed by atoms with Crippen molar-refractivity contribution in [1.82, 2.24) is 10.2 Å². The van der Waals surface area contributed by atoms with E-state index in [9.17, 15) is 9.59 Å². The molecule has 3 amide bonds. The molecule has 1 heterocycles. The molecule has 0 radical (unpaired) electrons. The second-order valence-corrected chi connectivity index (χ2v) is 7.00. The van der Waals surface area contributed by atoms with Crippen LogP contribution in [0.5, 0.6) is 11.5 Å². The first-order chi connectivity index (χ1) is 12.4. The molecule has 0 bridgehead atoms. The Morgan fingerprint density at radius 2 is 1.77 bits per heavy atom. The van der Waals surface area contributed by atoms with Crippen molar-refractivity contribution in [3.8, 4) is 11.5 Å². The number of benzene rings is 2. The lowest BCUT2D eigenvalue weighted by Gasteiger charge is -2.22. The van der Waals surface area contributed by atoms with Crippen LogP contribution in [0.15, 0.2) is 46.9 Å². The van der Waals surface area contributed by atoms with Crippen molar-refractivity contribution in [2.45, 2.75) is 19.0 Å². The number of methoxy groups -OCH3 is 2. The molecular formula is C19H19BrN2O4. The Balaban J connectivity index is 1.85. The van der Waals surface area contributed by atoms with Crippen LogP contribution in [0.2, 0.25) is 0 Å². The molecule has 0 spiro atoms. The average Bonchev–Trinajstić information content (AvgIpc) is 2.86. The molecule has 1 unspecified atom stereocenters. The van der Waals surface area contributed by atoms with E-state index in [2.05, 4.69) is 21.2 Å². The highest BCUT2D eigenvalue weighted by atomic mass is 79.9.